The fraction of sp³-hybridized carbons (Fsp3) is 0.385. The Morgan fingerprint density at radius 1 is 1.33 bits per heavy atom. The van der Waals surface area contributed by atoms with E-state index in [1.165, 1.54) is 24.0 Å². The molecule has 0 aromatic heterocycles. The number of allylic oxidation sites excluding steroid dienone is 1. The fourth-order valence-corrected chi connectivity index (χ4v) is 2.66. The van der Waals surface area contributed by atoms with Crippen LogP contribution in [0.5, 0.6) is 0 Å². The van der Waals surface area contributed by atoms with Crippen LogP contribution in [-0.4, -0.2) is 0 Å². The van der Waals surface area contributed by atoms with Gasteiger partial charge in [0.05, 0.1) is 0 Å². The maximum absolute atomic E-state index is 5.78. The molecule has 0 saturated heterocycles. The van der Waals surface area contributed by atoms with Gasteiger partial charge in [0.1, 0.15) is 5.60 Å². The number of rotatable bonds is 0. The zero-order valence-corrected chi connectivity index (χ0v) is 8.92. The van der Waals surface area contributed by atoms with Gasteiger partial charge in [-0.3, -0.25) is 10.3 Å². The van der Waals surface area contributed by atoms with Gasteiger partial charge >= 0.3 is 0 Å². The molecule has 0 saturated carbocycles. The smallest absolute Gasteiger partial charge is 0.141 e. The van der Waals surface area contributed by atoms with Crippen molar-refractivity contribution in [3.8, 4) is 0 Å². The number of nitrogens with one attached hydrogen (secondary N) is 1. The van der Waals surface area contributed by atoms with E-state index in [0.717, 1.165) is 12.1 Å². The molecule has 15 heavy (non-hydrogen) atoms. The predicted molar refractivity (Wildman–Crippen MR) is 59.0 cm³/mol. The molecule has 0 unspecified atom stereocenters. The van der Waals surface area contributed by atoms with Crippen molar-refractivity contribution in [2.45, 2.75) is 31.8 Å². The third kappa shape index (κ3) is 1.29. The van der Waals surface area contributed by atoms with Crippen molar-refractivity contribution < 1.29 is 4.84 Å². The van der Waals surface area contributed by atoms with Gasteiger partial charge in [-0.1, -0.05) is 24.3 Å². The molecule has 1 aromatic carbocycles. The van der Waals surface area contributed by atoms with Crippen LogP contribution in [0.15, 0.2) is 36.0 Å². The van der Waals surface area contributed by atoms with Gasteiger partial charge in [0, 0.05) is 5.70 Å². The summed E-state index contributed by atoms with van der Waals surface area (Å²) in [7, 11) is 0. The van der Waals surface area contributed by atoms with Gasteiger partial charge in [-0.2, -0.15) is 0 Å². The highest BCUT2D eigenvalue weighted by Crippen LogP contribution is 2.41. The Hall–Kier alpha value is -1.28. The van der Waals surface area contributed by atoms with Crippen LogP contribution in [0.2, 0.25) is 0 Å². The van der Waals surface area contributed by atoms with Crippen LogP contribution in [-0.2, 0) is 16.9 Å². The lowest BCUT2D eigenvalue weighted by atomic mass is 9.79. The predicted octanol–water partition coefficient (Wildman–Crippen LogP) is 2.66. The molecule has 1 aromatic rings. The first kappa shape index (κ1) is 8.98. The van der Waals surface area contributed by atoms with Crippen LogP contribution in [0.3, 0.4) is 0 Å². The monoisotopic (exact) mass is 201 g/mol. The van der Waals surface area contributed by atoms with Crippen molar-refractivity contribution in [2.75, 3.05) is 0 Å². The average Bonchev–Trinajstić information content (AvgIpc) is 2.62. The first-order chi connectivity index (χ1) is 7.30. The van der Waals surface area contributed by atoms with E-state index in [-0.39, 0.29) is 5.60 Å². The highest BCUT2D eigenvalue weighted by Gasteiger charge is 2.39. The number of fused-ring (bicyclic) bond motifs is 2. The Morgan fingerprint density at radius 3 is 3.00 bits per heavy atom. The lowest BCUT2D eigenvalue weighted by Gasteiger charge is -2.32. The Balaban J connectivity index is 2.14. The first-order valence-electron chi connectivity index (χ1n) is 5.52. The molecule has 1 heterocycles. The third-order valence-electron chi connectivity index (χ3n) is 3.31. The Morgan fingerprint density at radius 2 is 2.20 bits per heavy atom. The maximum atomic E-state index is 5.78. The Kier molecular flexibility index (Phi) is 1.86. The molecule has 0 fully saturated rings. The summed E-state index contributed by atoms with van der Waals surface area (Å²) in [6.07, 6.45) is 5.66. The average molecular weight is 201 g/mol. The summed E-state index contributed by atoms with van der Waals surface area (Å²) < 4.78 is 0. The molecule has 1 N–H and O–H groups in total. The number of aryl methyl sites for hydroxylation is 1. The Bertz CT molecular complexity index is 424. The SMILES string of the molecule is CC1=C[C@@]2(CCCc3ccccc32)ON1. The normalized spacial score (nSPS) is 28.5. The summed E-state index contributed by atoms with van der Waals surface area (Å²) in [6, 6.07) is 8.60. The van der Waals surface area contributed by atoms with Crippen molar-refractivity contribution >= 4 is 0 Å². The molecule has 2 aliphatic rings. The summed E-state index contributed by atoms with van der Waals surface area (Å²) in [5.41, 5.74) is 6.67. The van der Waals surface area contributed by atoms with Gasteiger partial charge in [-0.05, 0) is 43.4 Å². The summed E-state index contributed by atoms with van der Waals surface area (Å²) in [4.78, 5) is 5.78. The van der Waals surface area contributed by atoms with Crippen LogP contribution in [0, 0.1) is 0 Å². The van der Waals surface area contributed by atoms with Crippen LogP contribution >= 0.6 is 0 Å². The van der Waals surface area contributed by atoms with Crippen molar-refractivity contribution in [3.05, 3.63) is 47.2 Å². The largest absolute Gasteiger partial charge is 0.270 e. The van der Waals surface area contributed by atoms with Gasteiger partial charge in [-0.25, -0.2) is 0 Å². The highest BCUT2D eigenvalue weighted by atomic mass is 16.7. The molecular weight excluding hydrogens is 186 g/mol. The molecule has 0 amide bonds. The van der Waals surface area contributed by atoms with E-state index in [9.17, 15) is 0 Å². The number of benzene rings is 1. The molecule has 1 atom stereocenters. The zero-order chi connectivity index (χ0) is 10.3. The van der Waals surface area contributed by atoms with Gasteiger partial charge < -0.3 is 0 Å². The van der Waals surface area contributed by atoms with E-state index in [0.29, 0.717) is 0 Å². The molecule has 3 rings (SSSR count). The van der Waals surface area contributed by atoms with Crippen LogP contribution in [0.25, 0.3) is 0 Å². The molecule has 1 aliphatic carbocycles. The number of hydrogen-bond acceptors (Lipinski definition) is 2. The first-order valence-corrected chi connectivity index (χ1v) is 5.52. The summed E-state index contributed by atoms with van der Waals surface area (Å²) in [5.74, 6) is 0. The summed E-state index contributed by atoms with van der Waals surface area (Å²) in [6.45, 7) is 2.05. The molecular formula is C13H15NO. The van der Waals surface area contributed by atoms with E-state index in [1.54, 1.807) is 0 Å². The second-order valence-corrected chi connectivity index (χ2v) is 4.43. The molecule has 1 aliphatic heterocycles. The molecule has 0 bridgehead atoms. The molecule has 78 valence electrons. The summed E-state index contributed by atoms with van der Waals surface area (Å²) >= 11 is 0. The standard InChI is InChI=1S/C13H15NO/c1-10-9-13(15-14-10)8-4-6-11-5-2-3-7-12(11)13/h2-3,5,7,9,14H,4,6,8H2,1H3/t13-/m1/s1. The van der Waals surface area contributed by atoms with Crippen molar-refractivity contribution in [1.82, 2.24) is 5.48 Å². The van der Waals surface area contributed by atoms with Crippen LogP contribution < -0.4 is 5.48 Å². The van der Waals surface area contributed by atoms with E-state index < -0.39 is 0 Å². The topological polar surface area (TPSA) is 21.3 Å². The quantitative estimate of drug-likeness (QED) is 0.696. The van der Waals surface area contributed by atoms with Gasteiger partial charge in [0.15, 0.2) is 0 Å². The fourth-order valence-electron chi connectivity index (χ4n) is 2.66. The molecule has 2 heteroatoms. The zero-order valence-electron chi connectivity index (χ0n) is 8.92. The van der Waals surface area contributed by atoms with Crippen LogP contribution in [0.1, 0.15) is 30.9 Å². The van der Waals surface area contributed by atoms with Crippen molar-refractivity contribution in [3.63, 3.8) is 0 Å². The minimum atomic E-state index is -0.196. The molecule has 1 spiro atoms. The number of hydroxylamine groups is 1. The second kappa shape index (κ2) is 3.11. The van der Waals surface area contributed by atoms with Crippen LogP contribution in [0.4, 0.5) is 0 Å². The maximum Gasteiger partial charge on any atom is 0.141 e. The second-order valence-electron chi connectivity index (χ2n) is 4.43. The van der Waals surface area contributed by atoms with E-state index >= 15 is 0 Å². The van der Waals surface area contributed by atoms with E-state index in [4.69, 9.17) is 4.84 Å². The Labute approximate surface area is 89.9 Å². The number of hydrogen-bond donors (Lipinski definition) is 1. The van der Waals surface area contributed by atoms with Gasteiger partial charge in [-0.15, -0.1) is 0 Å². The molecule has 0 radical (unpaired) electrons. The minimum absolute atomic E-state index is 0.196. The minimum Gasteiger partial charge on any atom is -0.270 e. The van der Waals surface area contributed by atoms with Gasteiger partial charge in [0.25, 0.3) is 0 Å². The van der Waals surface area contributed by atoms with Crippen molar-refractivity contribution in [2.24, 2.45) is 0 Å². The lowest BCUT2D eigenvalue weighted by molar-refractivity contribution is -0.0542. The third-order valence-corrected chi connectivity index (χ3v) is 3.31. The van der Waals surface area contributed by atoms with E-state index in [2.05, 4.69) is 35.8 Å². The van der Waals surface area contributed by atoms with Crippen molar-refractivity contribution in [1.29, 1.82) is 0 Å². The highest BCUT2D eigenvalue weighted by molar-refractivity contribution is 5.39. The lowest BCUT2D eigenvalue weighted by Crippen LogP contribution is -2.31. The summed E-state index contributed by atoms with van der Waals surface area (Å²) in [5, 5.41) is 0. The molecule has 2 nitrogen and oxygen atoms in total. The van der Waals surface area contributed by atoms with E-state index in [1.807, 2.05) is 6.92 Å². The van der Waals surface area contributed by atoms with Gasteiger partial charge in [0.2, 0.25) is 0 Å².